The van der Waals surface area contributed by atoms with Crippen LogP contribution in [0.15, 0.2) is 47.5 Å². The van der Waals surface area contributed by atoms with Crippen molar-refractivity contribution in [3.63, 3.8) is 0 Å². The molecular weight excluding hydrogens is 242 g/mol. The molecule has 94 valence electrons. The number of aliphatic hydroxyl groups is 1. The van der Waals surface area contributed by atoms with Crippen molar-refractivity contribution in [1.29, 1.82) is 0 Å². The first-order valence-corrected chi connectivity index (χ1v) is 6.96. The second-order valence-corrected chi connectivity index (χ2v) is 5.42. The van der Waals surface area contributed by atoms with Crippen molar-refractivity contribution >= 4 is 11.8 Å². The van der Waals surface area contributed by atoms with E-state index in [2.05, 4.69) is 36.2 Å². The van der Waals surface area contributed by atoms with Crippen LogP contribution in [0.4, 0.5) is 0 Å². The minimum atomic E-state index is -0.499. The molecule has 1 unspecified atom stereocenters. The molecule has 0 bridgehead atoms. The van der Waals surface area contributed by atoms with E-state index in [1.54, 1.807) is 18.7 Å². The maximum atomic E-state index is 9.38. The van der Waals surface area contributed by atoms with Gasteiger partial charge in [0.15, 0.2) is 0 Å². The maximum Gasteiger partial charge on any atom is 0.0931 e. The van der Waals surface area contributed by atoms with E-state index in [1.807, 2.05) is 18.3 Å². The predicted octanol–water partition coefficient (Wildman–Crippen LogP) is 3.74. The van der Waals surface area contributed by atoms with Gasteiger partial charge in [-0.1, -0.05) is 29.8 Å². The van der Waals surface area contributed by atoms with Crippen LogP contribution >= 0.6 is 11.8 Å². The molecule has 2 nitrogen and oxygen atoms in total. The molecule has 1 heterocycles. The van der Waals surface area contributed by atoms with Crippen molar-refractivity contribution in [2.75, 3.05) is 0 Å². The number of aliphatic hydroxyl groups excluding tert-OH is 1. The lowest BCUT2D eigenvalue weighted by Crippen LogP contribution is -1.94. The lowest BCUT2D eigenvalue weighted by atomic mass is 10.2. The second kappa shape index (κ2) is 6.03. The zero-order valence-corrected chi connectivity index (χ0v) is 11.4. The van der Waals surface area contributed by atoms with E-state index in [0.717, 1.165) is 16.3 Å². The second-order valence-electron chi connectivity index (χ2n) is 4.37. The van der Waals surface area contributed by atoms with E-state index in [1.165, 1.54) is 11.1 Å². The number of aryl methyl sites for hydroxylation is 1. The van der Waals surface area contributed by atoms with Gasteiger partial charge in [0, 0.05) is 16.8 Å². The summed E-state index contributed by atoms with van der Waals surface area (Å²) in [6, 6.07) is 12.4. The molecule has 18 heavy (non-hydrogen) atoms. The van der Waals surface area contributed by atoms with Crippen molar-refractivity contribution in [2.24, 2.45) is 0 Å². The number of pyridine rings is 1. The smallest absolute Gasteiger partial charge is 0.0931 e. The Morgan fingerprint density at radius 3 is 2.72 bits per heavy atom. The highest BCUT2D eigenvalue weighted by Crippen LogP contribution is 2.23. The summed E-state index contributed by atoms with van der Waals surface area (Å²) in [6.07, 6.45) is 1.32. The van der Waals surface area contributed by atoms with Crippen LogP contribution in [-0.2, 0) is 5.75 Å². The van der Waals surface area contributed by atoms with Crippen LogP contribution in [0, 0.1) is 6.92 Å². The quantitative estimate of drug-likeness (QED) is 0.849. The van der Waals surface area contributed by atoms with Gasteiger partial charge in [-0.2, -0.15) is 0 Å². The van der Waals surface area contributed by atoms with E-state index < -0.39 is 6.10 Å². The van der Waals surface area contributed by atoms with Gasteiger partial charge in [0.05, 0.1) is 11.8 Å². The van der Waals surface area contributed by atoms with Crippen LogP contribution in [0.5, 0.6) is 0 Å². The van der Waals surface area contributed by atoms with Crippen LogP contribution in [0.25, 0.3) is 0 Å². The molecule has 0 fully saturated rings. The summed E-state index contributed by atoms with van der Waals surface area (Å²) in [5.41, 5.74) is 3.32. The lowest BCUT2D eigenvalue weighted by molar-refractivity contribution is 0.194. The molecule has 2 rings (SSSR count). The Morgan fingerprint density at radius 1 is 1.28 bits per heavy atom. The van der Waals surface area contributed by atoms with Gasteiger partial charge in [-0.3, -0.25) is 4.98 Å². The van der Waals surface area contributed by atoms with E-state index in [4.69, 9.17) is 0 Å². The van der Waals surface area contributed by atoms with Crippen LogP contribution in [-0.4, -0.2) is 10.1 Å². The van der Waals surface area contributed by atoms with E-state index in [-0.39, 0.29) is 0 Å². The molecule has 0 aliphatic carbocycles. The molecule has 0 saturated carbocycles. The topological polar surface area (TPSA) is 33.1 Å². The van der Waals surface area contributed by atoms with Gasteiger partial charge in [-0.15, -0.1) is 11.8 Å². The van der Waals surface area contributed by atoms with Crippen molar-refractivity contribution in [3.8, 4) is 0 Å². The molecule has 3 heteroatoms. The monoisotopic (exact) mass is 259 g/mol. The maximum absolute atomic E-state index is 9.38. The SMILES string of the molecule is Cc1cccc(CSc2ccc(C(C)O)nc2)c1. The van der Waals surface area contributed by atoms with Gasteiger partial charge in [0.1, 0.15) is 0 Å². The molecule has 0 aliphatic heterocycles. The van der Waals surface area contributed by atoms with Gasteiger partial charge < -0.3 is 5.11 Å². The van der Waals surface area contributed by atoms with Crippen molar-refractivity contribution < 1.29 is 5.11 Å². The number of hydrogen-bond acceptors (Lipinski definition) is 3. The summed E-state index contributed by atoms with van der Waals surface area (Å²) in [5.74, 6) is 0.942. The third kappa shape index (κ3) is 3.59. The predicted molar refractivity (Wildman–Crippen MR) is 75.6 cm³/mol. The fourth-order valence-electron chi connectivity index (χ4n) is 1.69. The highest BCUT2D eigenvalue weighted by atomic mass is 32.2. The fourth-order valence-corrected chi connectivity index (χ4v) is 2.50. The normalized spacial score (nSPS) is 12.4. The van der Waals surface area contributed by atoms with Crippen molar-refractivity contribution in [2.45, 2.75) is 30.6 Å². The molecule has 0 aliphatic rings. The summed E-state index contributed by atoms with van der Waals surface area (Å²) >= 11 is 1.76. The molecule has 0 amide bonds. The molecular formula is C15H17NOS. The summed E-state index contributed by atoms with van der Waals surface area (Å²) in [7, 11) is 0. The highest BCUT2D eigenvalue weighted by Gasteiger charge is 2.02. The Labute approximate surface area is 112 Å². The first-order chi connectivity index (χ1) is 8.65. The first kappa shape index (κ1) is 13.1. The van der Waals surface area contributed by atoms with Gasteiger partial charge in [0.25, 0.3) is 0 Å². The molecule has 1 aromatic heterocycles. The zero-order valence-electron chi connectivity index (χ0n) is 10.6. The van der Waals surface area contributed by atoms with Crippen molar-refractivity contribution in [1.82, 2.24) is 4.98 Å². The molecule has 0 saturated heterocycles. The molecule has 1 atom stereocenters. The number of rotatable bonds is 4. The number of hydrogen-bond donors (Lipinski definition) is 1. The summed E-state index contributed by atoms with van der Waals surface area (Å²) in [5, 5.41) is 9.38. The van der Waals surface area contributed by atoms with Crippen molar-refractivity contribution in [3.05, 3.63) is 59.4 Å². The summed E-state index contributed by atoms with van der Waals surface area (Å²) < 4.78 is 0. The molecule has 1 aromatic carbocycles. The minimum Gasteiger partial charge on any atom is -0.387 e. The third-order valence-corrected chi connectivity index (χ3v) is 3.73. The summed E-state index contributed by atoms with van der Waals surface area (Å²) in [4.78, 5) is 5.36. The van der Waals surface area contributed by atoms with Gasteiger partial charge in [-0.25, -0.2) is 0 Å². The van der Waals surface area contributed by atoms with E-state index in [9.17, 15) is 5.11 Å². The molecule has 0 spiro atoms. The van der Waals surface area contributed by atoms with Gasteiger partial charge in [-0.05, 0) is 31.5 Å². The van der Waals surface area contributed by atoms with Crippen LogP contribution in [0.2, 0.25) is 0 Å². The van der Waals surface area contributed by atoms with Crippen LogP contribution in [0.3, 0.4) is 0 Å². The highest BCUT2D eigenvalue weighted by molar-refractivity contribution is 7.98. The average molecular weight is 259 g/mol. The number of nitrogens with zero attached hydrogens (tertiary/aromatic N) is 1. The fraction of sp³-hybridized carbons (Fsp3) is 0.267. The zero-order chi connectivity index (χ0) is 13.0. The Balaban J connectivity index is 1.98. The number of aromatic nitrogens is 1. The summed E-state index contributed by atoms with van der Waals surface area (Å²) in [6.45, 7) is 3.83. The first-order valence-electron chi connectivity index (χ1n) is 5.97. The largest absolute Gasteiger partial charge is 0.387 e. The minimum absolute atomic E-state index is 0.499. The standard InChI is InChI=1S/C15H17NOS/c1-11-4-3-5-13(8-11)10-18-14-6-7-15(12(2)17)16-9-14/h3-9,12,17H,10H2,1-2H3. The average Bonchev–Trinajstić information content (AvgIpc) is 2.37. The molecule has 1 N–H and O–H groups in total. The van der Waals surface area contributed by atoms with E-state index in [0.29, 0.717) is 0 Å². The van der Waals surface area contributed by atoms with E-state index >= 15 is 0 Å². The molecule has 2 aromatic rings. The Kier molecular flexibility index (Phi) is 4.39. The van der Waals surface area contributed by atoms with Crippen LogP contribution in [0.1, 0.15) is 29.8 Å². The van der Waals surface area contributed by atoms with Gasteiger partial charge in [0.2, 0.25) is 0 Å². The van der Waals surface area contributed by atoms with Crippen LogP contribution < -0.4 is 0 Å². The lowest BCUT2D eigenvalue weighted by Gasteiger charge is -2.05. The third-order valence-electron chi connectivity index (χ3n) is 2.68. The number of benzene rings is 1. The Bertz CT molecular complexity index is 508. The number of thioether (sulfide) groups is 1. The Hall–Kier alpha value is -1.32. The Morgan fingerprint density at radius 2 is 2.11 bits per heavy atom. The van der Waals surface area contributed by atoms with Gasteiger partial charge >= 0.3 is 0 Å². The molecule has 0 radical (unpaired) electrons.